The Morgan fingerprint density at radius 1 is 1.16 bits per heavy atom. The minimum atomic E-state index is -0.279. The molecule has 162 valence electrons. The lowest BCUT2D eigenvalue weighted by Gasteiger charge is -2.24. The molecule has 0 radical (unpaired) electrons. The molecule has 1 aromatic carbocycles. The topological polar surface area (TPSA) is 63.1 Å². The maximum absolute atomic E-state index is 13.5. The molecule has 0 atom stereocenters. The molecule has 5 rings (SSSR count). The molecule has 6 nitrogen and oxygen atoms in total. The quantitative estimate of drug-likeness (QED) is 0.491. The van der Waals surface area contributed by atoms with Crippen LogP contribution in [0, 0.1) is 5.82 Å². The Bertz CT molecular complexity index is 1250. The second-order valence-electron chi connectivity index (χ2n) is 7.87. The number of hydrogen-bond acceptors (Lipinski definition) is 5. The number of anilines is 1. The molecule has 32 heavy (non-hydrogen) atoms. The molecule has 0 aliphatic carbocycles. The van der Waals surface area contributed by atoms with Crippen LogP contribution in [0.1, 0.15) is 10.6 Å². The standard InChI is InChI=1S/C24H22FN5OS/c1-29-10-11-30-20(15-29)23(24(28-30)16-4-6-18(25)7-5-16)17-8-9-26-21(13-17)27-22(31)14-19-3-2-12-32-19/h2-9,12-13H,10-11,14-15H2,1H3,(H,26,27,31). The fourth-order valence-corrected chi connectivity index (χ4v) is 4.67. The summed E-state index contributed by atoms with van der Waals surface area (Å²) in [6.07, 6.45) is 2.01. The lowest BCUT2D eigenvalue weighted by atomic mass is 9.98. The molecule has 0 saturated heterocycles. The van der Waals surface area contributed by atoms with Crippen LogP contribution in [0.2, 0.25) is 0 Å². The number of carbonyl (C=O) groups is 1. The van der Waals surface area contributed by atoms with Crippen LogP contribution in [0.3, 0.4) is 0 Å². The third kappa shape index (κ3) is 4.19. The van der Waals surface area contributed by atoms with Gasteiger partial charge in [-0.1, -0.05) is 6.07 Å². The molecule has 0 saturated carbocycles. The Hall–Kier alpha value is -3.36. The Morgan fingerprint density at radius 2 is 2.00 bits per heavy atom. The SMILES string of the molecule is CN1CCn2nc(-c3ccc(F)cc3)c(-c3ccnc(NC(=O)Cc4cccs4)c3)c2C1. The lowest BCUT2D eigenvalue weighted by molar-refractivity contribution is -0.115. The molecule has 1 amide bonds. The van der Waals surface area contributed by atoms with Crippen molar-refractivity contribution in [2.75, 3.05) is 18.9 Å². The Labute approximate surface area is 189 Å². The third-order valence-electron chi connectivity index (χ3n) is 5.52. The summed E-state index contributed by atoms with van der Waals surface area (Å²) in [6, 6.07) is 14.1. The van der Waals surface area contributed by atoms with Crippen LogP contribution < -0.4 is 5.32 Å². The van der Waals surface area contributed by atoms with Gasteiger partial charge in [0, 0.05) is 35.3 Å². The summed E-state index contributed by atoms with van der Waals surface area (Å²) in [5.74, 6) is 0.115. The monoisotopic (exact) mass is 447 g/mol. The first-order chi connectivity index (χ1) is 15.6. The second-order valence-corrected chi connectivity index (χ2v) is 8.90. The summed E-state index contributed by atoms with van der Waals surface area (Å²) in [4.78, 5) is 20.1. The average Bonchev–Trinajstić information content (AvgIpc) is 3.41. The molecule has 3 aromatic heterocycles. The van der Waals surface area contributed by atoms with Gasteiger partial charge in [0.25, 0.3) is 0 Å². The van der Waals surface area contributed by atoms with Gasteiger partial charge in [-0.3, -0.25) is 14.4 Å². The zero-order valence-corrected chi connectivity index (χ0v) is 18.4. The van der Waals surface area contributed by atoms with Crippen LogP contribution in [0.5, 0.6) is 0 Å². The molecule has 0 spiro atoms. The molecule has 0 fully saturated rings. The van der Waals surface area contributed by atoms with Crippen LogP contribution in [0.15, 0.2) is 60.1 Å². The van der Waals surface area contributed by atoms with E-state index in [4.69, 9.17) is 5.10 Å². The van der Waals surface area contributed by atoms with E-state index >= 15 is 0 Å². The van der Waals surface area contributed by atoms with E-state index in [2.05, 4.69) is 22.2 Å². The number of amides is 1. The van der Waals surface area contributed by atoms with Gasteiger partial charge >= 0.3 is 0 Å². The molecule has 1 aliphatic rings. The summed E-state index contributed by atoms with van der Waals surface area (Å²) < 4.78 is 15.6. The molecular weight excluding hydrogens is 425 g/mol. The number of aromatic nitrogens is 3. The van der Waals surface area contributed by atoms with E-state index in [-0.39, 0.29) is 11.7 Å². The van der Waals surface area contributed by atoms with Gasteiger partial charge in [-0.2, -0.15) is 5.10 Å². The van der Waals surface area contributed by atoms with Gasteiger partial charge in [0.15, 0.2) is 0 Å². The van der Waals surface area contributed by atoms with E-state index in [1.807, 2.05) is 34.3 Å². The fourth-order valence-electron chi connectivity index (χ4n) is 3.97. The molecule has 0 bridgehead atoms. The van der Waals surface area contributed by atoms with E-state index in [1.165, 1.54) is 12.1 Å². The van der Waals surface area contributed by atoms with Crippen molar-refractivity contribution in [1.82, 2.24) is 19.7 Å². The van der Waals surface area contributed by atoms with E-state index in [0.717, 1.165) is 52.6 Å². The number of benzene rings is 1. The van der Waals surface area contributed by atoms with E-state index in [0.29, 0.717) is 12.2 Å². The van der Waals surface area contributed by atoms with E-state index < -0.39 is 0 Å². The van der Waals surface area contributed by atoms with Crippen LogP contribution in [0.25, 0.3) is 22.4 Å². The highest BCUT2D eigenvalue weighted by molar-refractivity contribution is 7.10. The predicted octanol–water partition coefficient (Wildman–Crippen LogP) is 4.44. The van der Waals surface area contributed by atoms with Crippen molar-refractivity contribution in [1.29, 1.82) is 0 Å². The molecule has 4 heterocycles. The second kappa shape index (κ2) is 8.64. The van der Waals surface area contributed by atoms with Crippen LogP contribution >= 0.6 is 11.3 Å². The number of fused-ring (bicyclic) bond motifs is 1. The number of pyridine rings is 1. The summed E-state index contributed by atoms with van der Waals surface area (Å²) in [5.41, 5.74) is 4.66. The number of nitrogens with one attached hydrogen (secondary N) is 1. The summed E-state index contributed by atoms with van der Waals surface area (Å²) in [5, 5.41) is 9.73. The van der Waals surface area contributed by atoms with E-state index in [1.54, 1.807) is 29.7 Å². The van der Waals surface area contributed by atoms with Gasteiger partial charge in [0.2, 0.25) is 5.91 Å². The van der Waals surface area contributed by atoms with Crippen molar-refractivity contribution in [3.63, 3.8) is 0 Å². The van der Waals surface area contributed by atoms with Gasteiger partial charge in [0.05, 0.1) is 18.7 Å². The number of thiophene rings is 1. The van der Waals surface area contributed by atoms with Crippen molar-refractivity contribution >= 4 is 23.1 Å². The summed E-state index contributed by atoms with van der Waals surface area (Å²) in [6.45, 7) is 2.46. The first-order valence-corrected chi connectivity index (χ1v) is 11.3. The zero-order valence-electron chi connectivity index (χ0n) is 17.6. The Kier molecular flexibility index (Phi) is 5.55. The van der Waals surface area contributed by atoms with Crippen molar-refractivity contribution in [2.45, 2.75) is 19.5 Å². The predicted molar refractivity (Wildman–Crippen MR) is 124 cm³/mol. The molecular formula is C24H22FN5OS. The highest BCUT2D eigenvalue weighted by Crippen LogP contribution is 2.37. The first-order valence-electron chi connectivity index (χ1n) is 10.4. The van der Waals surface area contributed by atoms with Crippen molar-refractivity contribution in [3.05, 3.63) is 76.5 Å². The summed E-state index contributed by atoms with van der Waals surface area (Å²) in [7, 11) is 2.08. The smallest absolute Gasteiger partial charge is 0.230 e. The Morgan fingerprint density at radius 3 is 2.78 bits per heavy atom. The van der Waals surface area contributed by atoms with Crippen LogP contribution in [0.4, 0.5) is 10.2 Å². The van der Waals surface area contributed by atoms with Crippen molar-refractivity contribution in [2.24, 2.45) is 0 Å². The largest absolute Gasteiger partial charge is 0.310 e. The molecule has 1 N–H and O–H groups in total. The highest BCUT2D eigenvalue weighted by Gasteiger charge is 2.25. The number of carbonyl (C=O) groups excluding carboxylic acids is 1. The minimum absolute atomic E-state index is 0.104. The number of rotatable bonds is 5. The molecule has 0 unspecified atom stereocenters. The van der Waals surface area contributed by atoms with Gasteiger partial charge in [0.1, 0.15) is 17.3 Å². The average molecular weight is 448 g/mol. The maximum atomic E-state index is 13.5. The minimum Gasteiger partial charge on any atom is -0.310 e. The molecule has 8 heteroatoms. The first kappa shape index (κ1) is 20.5. The zero-order chi connectivity index (χ0) is 22.1. The number of likely N-dealkylation sites (N-methyl/N-ethyl adjacent to an activating group) is 1. The van der Waals surface area contributed by atoms with Crippen LogP contribution in [-0.2, 0) is 24.3 Å². The van der Waals surface area contributed by atoms with E-state index in [9.17, 15) is 9.18 Å². The number of nitrogens with zero attached hydrogens (tertiary/aromatic N) is 4. The number of halogens is 1. The van der Waals surface area contributed by atoms with Gasteiger partial charge in [-0.25, -0.2) is 9.37 Å². The third-order valence-corrected chi connectivity index (χ3v) is 6.40. The van der Waals surface area contributed by atoms with Gasteiger partial charge in [-0.15, -0.1) is 11.3 Å². The lowest BCUT2D eigenvalue weighted by Crippen LogP contribution is -2.30. The molecule has 4 aromatic rings. The Balaban J connectivity index is 1.52. The van der Waals surface area contributed by atoms with Crippen LogP contribution in [-0.4, -0.2) is 39.2 Å². The fraction of sp³-hybridized carbons (Fsp3) is 0.208. The van der Waals surface area contributed by atoms with Gasteiger partial charge < -0.3 is 5.32 Å². The summed E-state index contributed by atoms with van der Waals surface area (Å²) >= 11 is 1.56. The highest BCUT2D eigenvalue weighted by atomic mass is 32.1. The molecule has 1 aliphatic heterocycles. The van der Waals surface area contributed by atoms with Crippen molar-refractivity contribution < 1.29 is 9.18 Å². The maximum Gasteiger partial charge on any atom is 0.230 e. The number of hydrogen-bond donors (Lipinski definition) is 1. The van der Waals surface area contributed by atoms with Gasteiger partial charge in [-0.05, 0) is 60.5 Å². The normalized spacial score (nSPS) is 13.7. The van der Waals surface area contributed by atoms with Crippen molar-refractivity contribution in [3.8, 4) is 22.4 Å².